The summed E-state index contributed by atoms with van der Waals surface area (Å²) < 4.78 is 16.2. The summed E-state index contributed by atoms with van der Waals surface area (Å²) in [5, 5.41) is 20.4. The maximum Gasteiger partial charge on any atom is 0.300 e. The van der Waals surface area contributed by atoms with Crippen LogP contribution in [0.15, 0.2) is 72.3 Å². The molecular formula is C26H18N2O6. The molecule has 2 aliphatic rings. The molecule has 1 unspecified atom stereocenters. The largest absolute Gasteiger partial charge is 0.507 e. The van der Waals surface area contributed by atoms with Crippen LogP contribution in [-0.2, 0) is 9.59 Å². The first-order valence-electron chi connectivity index (χ1n) is 10.4. The maximum absolute atomic E-state index is 13.3. The fourth-order valence-electron chi connectivity index (χ4n) is 4.18. The monoisotopic (exact) mass is 454 g/mol. The highest BCUT2D eigenvalue weighted by molar-refractivity contribution is 6.51. The molecule has 1 saturated heterocycles. The van der Waals surface area contributed by atoms with Gasteiger partial charge in [-0.2, -0.15) is 5.26 Å². The normalized spacial score (nSPS) is 18.1. The second kappa shape index (κ2) is 8.30. The summed E-state index contributed by atoms with van der Waals surface area (Å²) in [5.41, 5.74) is 1.56. The van der Waals surface area contributed by atoms with E-state index >= 15 is 0 Å². The van der Waals surface area contributed by atoms with E-state index in [4.69, 9.17) is 19.5 Å². The summed E-state index contributed by atoms with van der Waals surface area (Å²) in [6, 6.07) is 19.1. The highest BCUT2D eigenvalue weighted by Crippen LogP contribution is 2.45. The van der Waals surface area contributed by atoms with Gasteiger partial charge in [-0.25, -0.2) is 0 Å². The van der Waals surface area contributed by atoms with Crippen LogP contribution in [0.5, 0.6) is 17.2 Å². The lowest BCUT2D eigenvalue weighted by molar-refractivity contribution is -0.132. The molecule has 3 aromatic rings. The number of rotatable bonds is 4. The molecule has 2 heterocycles. The Morgan fingerprint density at radius 2 is 1.79 bits per heavy atom. The van der Waals surface area contributed by atoms with Crippen molar-refractivity contribution < 1.29 is 28.9 Å². The van der Waals surface area contributed by atoms with E-state index in [1.54, 1.807) is 66.7 Å². The summed E-state index contributed by atoms with van der Waals surface area (Å²) in [6.07, 6.45) is 0. The van der Waals surface area contributed by atoms with E-state index in [0.29, 0.717) is 39.6 Å². The first kappa shape index (κ1) is 21.1. The fraction of sp³-hybridized carbons (Fsp3) is 0.115. The molecule has 1 amide bonds. The lowest BCUT2D eigenvalue weighted by Gasteiger charge is -2.26. The third-order valence-electron chi connectivity index (χ3n) is 5.80. The number of hydrogen-bond acceptors (Lipinski definition) is 7. The number of carbonyl (C=O) groups excluding carboxylic acids is 2. The number of hydrogen-bond donors (Lipinski definition) is 1. The zero-order chi connectivity index (χ0) is 23.8. The second-order valence-electron chi connectivity index (χ2n) is 7.64. The summed E-state index contributed by atoms with van der Waals surface area (Å²) in [5.74, 6) is -0.582. The molecule has 2 aliphatic heterocycles. The molecule has 0 radical (unpaired) electrons. The number of anilines is 1. The molecule has 1 N–H and O–H groups in total. The quantitative estimate of drug-likeness (QED) is 0.361. The lowest BCUT2D eigenvalue weighted by Crippen LogP contribution is -2.29. The van der Waals surface area contributed by atoms with Crippen LogP contribution in [0.1, 0.15) is 22.7 Å². The third kappa shape index (κ3) is 3.31. The van der Waals surface area contributed by atoms with E-state index in [9.17, 15) is 14.7 Å². The van der Waals surface area contributed by atoms with Gasteiger partial charge in [0.05, 0.1) is 30.4 Å². The van der Waals surface area contributed by atoms with E-state index < -0.39 is 17.7 Å². The standard InChI is InChI=1S/C26H18N2O6/c1-32-19-5-3-2-4-18(19)23-22(24(29)16-8-11-20-21(12-16)34-14-33-20)25(30)26(31)28(23)17-9-6-15(13-27)7-10-17/h2-12,23,29H,14H2,1H3/b24-22+. The van der Waals surface area contributed by atoms with Gasteiger partial charge >= 0.3 is 0 Å². The third-order valence-corrected chi connectivity index (χ3v) is 5.80. The Morgan fingerprint density at radius 3 is 2.53 bits per heavy atom. The van der Waals surface area contributed by atoms with Gasteiger partial charge in [0, 0.05) is 16.8 Å². The number of amides is 1. The number of aliphatic hydroxyl groups is 1. The SMILES string of the molecule is COc1ccccc1C1/C(=C(\O)c2ccc3c(c2)OCO3)C(=O)C(=O)N1c1ccc(C#N)cc1. The van der Waals surface area contributed by atoms with Gasteiger partial charge < -0.3 is 19.3 Å². The Hall–Kier alpha value is -4.77. The summed E-state index contributed by atoms with van der Waals surface area (Å²) in [7, 11) is 1.49. The van der Waals surface area contributed by atoms with Gasteiger partial charge in [0.25, 0.3) is 11.7 Å². The van der Waals surface area contributed by atoms with Crippen molar-refractivity contribution in [1.29, 1.82) is 5.26 Å². The van der Waals surface area contributed by atoms with Gasteiger partial charge in [-0.1, -0.05) is 18.2 Å². The van der Waals surface area contributed by atoms with Crippen molar-refractivity contribution in [3.8, 4) is 23.3 Å². The summed E-state index contributed by atoms with van der Waals surface area (Å²) >= 11 is 0. The Kier molecular flexibility index (Phi) is 5.15. The number of methoxy groups -OCH3 is 1. The van der Waals surface area contributed by atoms with Gasteiger partial charge in [-0.3, -0.25) is 14.5 Å². The molecule has 1 atom stereocenters. The fourth-order valence-corrected chi connectivity index (χ4v) is 4.18. The van der Waals surface area contributed by atoms with Gasteiger partial charge in [-0.05, 0) is 48.5 Å². The molecule has 5 rings (SSSR count). The Bertz CT molecular complexity index is 1390. The highest BCUT2D eigenvalue weighted by atomic mass is 16.7. The van der Waals surface area contributed by atoms with Gasteiger partial charge in [-0.15, -0.1) is 0 Å². The van der Waals surface area contributed by atoms with Crippen molar-refractivity contribution >= 4 is 23.1 Å². The number of aliphatic hydroxyl groups excluding tert-OH is 1. The molecule has 168 valence electrons. The number of benzene rings is 3. The van der Waals surface area contributed by atoms with Crippen molar-refractivity contribution in [2.45, 2.75) is 6.04 Å². The first-order valence-corrected chi connectivity index (χ1v) is 10.4. The summed E-state index contributed by atoms with van der Waals surface area (Å²) in [4.78, 5) is 27.8. The lowest BCUT2D eigenvalue weighted by atomic mass is 9.94. The minimum absolute atomic E-state index is 0.0594. The molecule has 1 fully saturated rings. The predicted molar refractivity (Wildman–Crippen MR) is 121 cm³/mol. The average Bonchev–Trinajstić information content (AvgIpc) is 3.45. The minimum atomic E-state index is -0.963. The van der Waals surface area contributed by atoms with E-state index in [1.807, 2.05) is 6.07 Å². The average molecular weight is 454 g/mol. The Balaban J connectivity index is 1.72. The molecule has 0 saturated carbocycles. The van der Waals surface area contributed by atoms with Crippen LogP contribution in [0, 0.1) is 11.3 Å². The molecule has 3 aromatic carbocycles. The first-order chi connectivity index (χ1) is 16.5. The summed E-state index contributed by atoms with van der Waals surface area (Å²) in [6.45, 7) is 0.0594. The number of carbonyl (C=O) groups is 2. The number of Topliss-reactive ketones (excluding diaryl/α,β-unsaturated/α-hetero) is 1. The molecule has 34 heavy (non-hydrogen) atoms. The van der Waals surface area contributed by atoms with Crippen molar-refractivity contribution in [3.63, 3.8) is 0 Å². The van der Waals surface area contributed by atoms with Crippen LogP contribution in [0.25, 0.3) is 5.76 Å². The van der Waals surface area contributed by atoms with E-state index in [2.05, 4.69) is 0 Å². The number of nitriles is 1. The minimum Gasteiger partial charge on any atom is -0.507 e. The highest BCUT2D eigenvalue weighted by Gasteiger charge is 2.48. The molecule has 0 spiro atoms. The van der Waals surface area contributed by atoms with Crippen molar-refractivity contribution in [2.24, 2.45) is 0 Å². The Labute approximate surface area is 194 Å². The van der Waals surface area contributed by atoms with Gasteiger partial charge in [0.15, 0.2) is 11.5 Å². The van der Waals surface area contributed by atoms with Crippen LogP contribution < -0.4 is 19.1 Å². The van der Waals surface area contributed by atoms with Gasteiger partial charge in [0.1, 0.15) is 11.5 Å². The second-order valence-corrected chi connectivity index (χ2v) is 7.64. The van der Waals surface area contributed by atoms with Crippen LogP contribution in [0.3, 0.4) is 0 Å². The number of ketones is 1. The number of fused-ring (bicyclic) bond motifs is 1. The van der Waals surface area contributed by atoms with Crippen LogP contribution >= 0.6 is 0 Å². The topological polar surface area (TPSA) is 109 Å². The molecule has 8 nitrogen and oxygen atoms in total. The Morgan fingerprint density at radius 1 is 1.06 bits per heavy atom. The van der Waals surface area contributed by atoms with E-state index in [-0.39, 0.29) is 18.1 Å². The van der Waals surface area contributed by atoms with Gasteiger partial charge in [0.2, 0.25) is 6.79 Å². The molecule has 8 heteroatoms. The van der Waals surface area contributed by atoms with Crippen LogP contribution in [-0.4, -0.2) is 30.7 Å². The van der Waals surface area contributed by atoms with Crippen LogP contribution in [0.4, 0.5) is 5.69 Å². The molecule has 0 aromatic heterocycles. The van der Waals surface area contributed by atoms with Crippen molar-refractivity contribution in [3.05, 3.63) is 89.0 Å². The van der Waals surface area contributed by atoms with Crippen LogP contribution in [0.2, 0.25) is 0 Å². The molecular weight excluding hydrogens is 436 g/mol. The number of para-hydroxylation sites is 1. The van der Waals surface area contributed by atoms with Crippen molar-refractivity contribution in [2.75, 3.05) is 18.8 Å². The zero-order valence-corrected chi connectivity index (χ0v) is 18.0. The van der Waals surface area contributed by atoms with E-state index in [1.165, 1.54) is 12.0 Å². The smallest absolute Gasteiger partial charge is 0.300 e. The van der Waals surface area contributed by atoms with E-state index in [0.717, 1.165) is 0 Å². The maximum atomic E-state index is 13.3. The number of ether oxygens (including phenoxy) is 3. The van der Waals surface area contributed by atoms with Crippen molar-refractivity contribution in [1.82, 2.24) is 0 Å². The molecule has 0 aliphatic carbocycles. The number of nitrogens with zero attached hydrogens (tertiary/aromatic N) is 2. The predicted octanol–water partition coefficient (Wildman–Crippen LogP) is 3.92. The molecule has 0 bridgehead atoms. The zero-order valence-electron chi connectivity index (χ0n) is 18.0.